The maximum Gasteiger partial charge on any atom is 0.322 e. The van der Waals surface area contributed by atoms with E-state index in [0.29, 0.717) is 6.61 Å². The number of hydrogen-bond acceptors (Lipinski definition) is 3. The van der Waals surface area contributed by atoms with E-state index < -0.39 is 0 Å². The van der Waals surface area contributed by atoms with Gasteiger partial charge >= 0.3 is 5.97 Å². The Kier molecular flexibility index (Phi) is 4.40. The highest BCUT2D eigenvalue weighted by Gasteiger charge is 2.40. The summed E-state index contributed by atoms with van der Waals surface area (Å²) in [5.41, 5.74) is 2.54. The lowest BCUT2D eigenvalue weighted by atomic mass is 9.85. The van der Waals surface area contributed by atoms with Crippen LogP contribution in [0.3, 0.4) is 0 Å². The lowest BCUT2D eigenvalue weighted by Gasteiger charge is -2.30. The minimum absolute atomic E-state index is 0.0494. The van der Waals surface area contributed by atoms with E-state index in [1.54, 1.807) is 0 Å². The first-order valence-corrected chi connectivity index (χ1v) is 7.44. The quantitative estimate of drug-likeness (QED) is 0.864. The van der Waals surface area contributed by atoms with Crippen LogP contribution in [0.5, 0.6) is 0 Å². The van der Waals surface area contributed by atoms with Crippen molar-refractivity contribution in [2.24, 2.45) is 5.41 Å². The predicted octanol–water partition coefficient (Wildman–Crippen LogP) is 3.50. The summed E-state index contributed by atoms with van der Waals surface area (Å²) >= 11 is 6.11. The molecule has 0 heterocycles. The molecule has 0 amide bonds. The van der Waals surface area contributed by atoms with E-state index in [0.717, 1.165) is 11.4 Å². The Labute approximate surface area is 125 Å². The van der Waals surface area contributed by atoms with Crippen molar-refractivity contribution >= 4 is 17.6 Å². The normalized spacial score (nSPS) is 21.4. The molecule has 0 saturated heterocycles. The zero-order valence-corrected chi connectivity index (χ0v) is 13.3. The van der Waals surface area contributed by atoms with Crippen molar-refractivity contribution in [1.82, 2.24) is 5.32 Å². The monoisotopic (exact) mass is 295 g/mol. The van der Waals surface area contributed by atoms with Crippen LogP contribution in [0, 0.1) is 5.41 Å². The molecule has 4 heteroatoms. The Hall–Kier alpha value is -1.06. The molecule has 0 spiro atoms. The molecule has 1 aliphatic rings. The molecule has 0 saturated carbocycles. The SMILES string of the molecule is CCOC(=O)C(C)NC1c2cc(Cl)ccc2CC1(C)C. The van der Waals surface area contributed by atoms with Gasteiger partial charge in [0.2, 0.25) is 0 Å². The minimum atomic E-state index is -0.329. The number of halogens is 1. The third kappa shape index (κ3) is 2.99. The highest BCUT2D eigenvalue weighted by atomic mass is 35.5. The molecule has 0 aromatic heterocycles. The lowest BCUT2D eigenvalue weighted by molar-refractivity contribution is -0.145. The predicted molar refractivity (Wildman–Crippen MR) is 80.9 cm³/mol. The van der Waals surface area contributed by atoms with Gasteiger partial charge in [0.25, 0.3) is 0 Å². The molecular formula is C16H22ClNO2. The van der Waals surface area contributed by atoms with E-state index in [2.05, 4.69) is 25.2 Å². The van der Waals surface area contributed by atoms with Crippen LogP contribution in [0.15, 0.2) is 18.2 Å². The minimum Gasteiger partial charge on any atom is -0.465 e. The molecule has 2 atom stereocenters. The van der Waals surface area contributed by atoms with Crippen molar-refractivity contribution in [1.29, 1.82) is 0 Å². The maximum atomic E-state index is 11.8. The van der Waals surface area contributed by atoms with Crippen LogP contribution >= 0.6 is 11.6 Å². The van der Waals surface area contributed by atoms with Crippen LogP contribution in [0.2, 0.25) is 5.02 Å². The van der Waals surface area contributed by atoms with Gasteiger partial charge in [0, 0.05) is 11.1 Å². The summed E-state index contributed by atoms with van der Waals surface area (Å²) in [6, 6.07) is 5.78. The van der Waals surface area contributed by atoms with E-state index in [1.165, 1.54) is 11.1 Å². The van der Waals surface area contributed by atoms with Gasteiger partial charge in [0.15, 0.2) is 0 Å². The molecule has 110 valence electrons. The van der Waals surface area contributed by atoms with Gasteiger partial charge in [-0.25, -0.2) is 0 Å². The van der Waals surface area contributed by atoms with Gasteiger partial charge < -0.3 is 4.74 Å². The highest BCUT2D eigenvalue weighted by Crippen LogP contribution is 2.46. The van der Waals surface area contributed by atoms with Crippen molar-refractivity contribution in [3.8, 4) is 0 Å². The van der Waals surface area contributed by atoms with Gasteiger partial charge in [0.1, 0.15) is 6.04 Å². The zero-order valence-electron chi connectivity index (χ0n) is 12.5. The Balaban J connectivity index is 2.22. The lowest BCUT2D eigenvalue weighted by Crippen LogP contribution is -2.42. The summed E-state index contributed by atoms with van der Waals surface area (Å²) in [6.45, 7) is 8.48. The van der Waals surface area contributed by atoms with E-state index in [-0.39, 0.29) is 23.5 Å². The second-order valence-electron chi connectivity index (χ2n) is 6.08. The largest absolute Gasteiger partial charge is 0.465 e. The summed E-state index contributed by atoms with van der Waals surface area (Å²) in [4.78, 5) is 11.8. The number of ether oxygens (including phenoxy) is 1. The van der Waals surface area contributed by atoms with Crippen LogP contribution in [0.4, 0.5) is 0 Å². The number of benzene rings is 1. The van der Waals surface area contributed by atoms with Gasteiger partial charge in [-0.05, 0) is 48.9 Å². The fourth-order valence-corrected chi connectivity index (χ4v) is 3.09. The molecule has 3 nitrogen and oxygen atoms in total. The third-order valence-corrected chi connectivity index (χ3v) is 4.14. The van der Waals surface area contributed by atoms with E-state index >= 15 is 0 Å². The average Bonchev–Trinajstić information content (AvgIpc) is 2.61. The van der Waals surface area contributed by atoms with Crippen molar-refractivity contribution < 1.29 is 9.53 Å². The maximum absolute atomic E-state index is 11.8. The number of hydrogen-bond donors (Lipinski definition) is 1. The van der Waals surface area contributed by atoms with Crippen molar-refractivity contribution in [2.75, 3.05) is 6.61 Å². The second-order valence-corrected chi connectivity index (χ2v) is 6.52. The summed E-state index contributed by atoms with van der Waals surface area (Å²) in [7, 11) is 0. The Morgan fingerprint density at radius 2 is 2.25 bits per heavy atom. The number of nitrogens with one attached hydrogen (secondary N) is 1. The van der Waals surface area contributed by atoms with Crippen LogP contribution in [-0.2, 0) is 16.0 Å². The highest BCUT2D eigenvalue weighted by molar-refractivity contribution is 6.30. The molecular weight excluding hydrogens is 274 g/mol. The summed E-state index contributed by atoms with van der Waals surface area (Å²) < 4.78 is 5.07. The first-order valence-electron chi connectivity index (χ1n) is 7.06. The topological polar surface area (TPSA) is 38.3 Å². The molecule has 1 aliphatic carbocycles. The van der Waals surface area contributed by atoms with E-state index in [9.17, 15) is 4.79 Å². The van der Waals surface area contributed by atoms with Crippen LogP contribution in [0.25, 0.3) is 0 Å². The molecule has 0 bridgehead atoms. The molecule has 0 fully saturated rings. The van der Waals surface area contributed by atoms with Crippen molar-refractivity contribution in [2.45, 2.75) is 46.2 Å². The van der Waals surface area contributed by atoms with Gasteiger partial charge in [-0.3, -0.25) is 10.1 Å². The summed E-state index contributed by atoms with van der Waals surface area (Å²) in [5, 5.41) is 4.14. The van der Waals surface area contributed by atoms with Crippen LogP contribution in [0.1, 0.15) is 44.9 Å². The number of carbonyl (C=O) groups excluding carboxylic acids is 1. The van der Waals surface area contributed by atoms with Gasteiger partial charge in [0.05, 0.1) is 6.61 Å². The average molecular weight is 296 g/mol. The van der Waals surface area contributed by atoms with E-state index in [1.807, 2.05) is 26.0 Å². The van der Waals surface area contributed by atoms with Gasteiger partial charge in [-0.1, -0.05) is 31.5 Å². The molecule has 1 aromatic rings. The first kappa shape index (κ1) is 15.3. The molecule has 20 heavy (non-hydrogen) atoms. The molecule has 0 aliphatic heterocycles. The first-order chi connectivity index (χ1) is 9.35. The van der Waals surface area contributed by atoms with Crippen LogP contribution < -0.4 is 5.32 Å². The molecule has 1 N–H and O–H groups in total. The number of carbonyl (C=O) groups is 1. The fraction of sp³-hybridized carbons (Fsp3) is 0.562. The fourth-order valence-electron chi connectivity index (χ4n) is 2.91. The second kappa shape index (κ2) is 5.74. The molecule has 2 unspecified atom stereocenters. The standard InChI is InChI=1S/C16H22ClNO2/c1-5-20-15(19)10(2)18-14-13-8-12(17)7-6-11(13)9-16(14,3)4/h6-8,10,14,18H,5,9H2,1-4H3. The van der Waals surface area contributed by atoms with Gasteiger partial charge in [-0.15, -0.1) is 0 Å². The Bertz CT molecular complexity index is 513. The number of esters is 1. The molecule has 0 radical (unpaired) electrons. The van der Waals surface area contributed by atoms with Gasteiger partial charge in [-0.2, -0.15) is 0 Å². The third-order valence-electron chi connectivity index (χ3n) is 3.90. The zero-order chi connectivity index (χ0) is 14.9. The Morgan fingerprint density at radius 3 is 2.90 bits per heavy atom. The summed E-state index contributed by atoms with van der Waals surface area (Å²) in [5.74, 6) is -0.209. The van der Waals surface area contributed by atoms with Crippen molar-refractivity contribution in [3.63, 3.8) is 0 Å². The number of fused-ring (bicyclic) bond motifs is 1. The summed E-state index contributed by atoms with van der Waals surface area (Å²) in [6.07, 6.45) is 0.979. The smallest absolute Gasteiger partial charge is 0.322 e. The van der Waals surface area contributed by atoms with Crippen molar-refractivity contribution in [3.05, 3.63) is 34.3 Å². The molecule has 2 rings (SSSR count). The molecule has 1 aromatic carbocycles. The number of rotatable bonds is 4. The van der Waals surface area contributed by atoms with E-state index in [4.69, 9.17) is 16.3 Å². The Morgan fingerprint density at radius 1 is 1.55 bits per heavy atom. The van der Waals surface area contributed by atoms with Crippen LogP contribution in [-0.4, -0.2) is 18.6 Å².